The third-order valence-corrected chi connectivity index (χ3v) is 2.12. The van der Waals surface area contributed by atoms with Crippen molar-refractivity contribution >= 4 is 11.6 Å². The van der Waals surface area contributed by atoms with Crippen LogP contribution in [0.4, 0.5) is 0 Å². The molecule has 2 rings (SSSR count). The van der Waals surface area contributed by atoms with Gasteiger partial charge in [0.2, 0.25) is 11.8 Å². The smallest absolute Gasteiger partial charge is 0.240 e. The number of aromatic nitrogens is 4. The molecule has 2 aromatic heterocycles. The van der Waals surface area contributed by atoms with E-state index in [0.717, 1.165) is 5.69 Å². The maximum atomic E-state index is 5.84. The molecular formula is C10H11ClN4O. The number of ether oxygens (including phenoxy) is 1. The van der Waals surface area contributed by atoms with Gasteiger partial charge in [0.05, 0.1) is 0 Å². The van der Waals surface area contributed by atoms with Gasteiger partial charge in [-0.25, -0.2) is 4.98 Å². The monoisotopic (exact) mass is 238 g/mol. The molecule has 0 spiro atoms. The van der Waals surface area contributed by atoms with Crippen LogP contribution >= 0.6 is 11.6 Å². The van der Waals surface area contributed by atoms with E-state index in [1.54, 1.807) is 12.1 Å². The Bertz CT molecular complexity index is 497. The molecule has 1 N–H and O–H groups in total. The van der Waals surface area contributed by atoms with Crippen molar-refractivity contribution in [2.45, 2.75) is 20.3 Å². The van der Waals surface area contributed by atoms with Crippen molar-refractivity contribution in [3.8, 4) is 11.8 Å². The summed E-state index contributed by atoms with van der Waals surface area (Å²) in [6.45, 7) is 3.85. The fraction of sp³-hybridized carbons (Fsp3) is 0.300. The molecule has 0 atom stereocenters. The molecule has 0 aromatic carbocycles. The molecule has 5 nitrogen and oxygen atoms in total. The highest BCUT2D eigenvalue weighted by atomic mass is 35.5. The Kier molecular flexibility index (Phi) is 3.05. The number of nitrogens with zero attached hydrogens (tertiary/aromatic N) is 3. The first-order chi connectivity index (χ1) is 7.67. The average Bonchev–Trinajstić information content (AvgIpc) is 2.63. The van der Waals surface area contributed by atoms with E-state index in [1.807, 2.05) is 13.8 Å². The molecule has 0 radical (unpaired) electrons. The van der Waals surface area contributed by atoms with E-state index < -0.39 is 0 Å². The van der Waals surface area contributed by atoms with Crippen molar-refractivity contribution in [3.05, 3.63) is 28.8 Å². The third kappa shape index (κ3) is 2.49. The Morgan fingerprint density at radius 1 is 1.31 bits per heavy atom. The second-order valence-electron chi connectivity index (χ2n) is 3.29. The summed E-state index contributed by atoms with van der Waals surface area (Å²) in [6, 6.07) is 3.34. The number of hydrogen-bond acceptors (Lipinski definition) is 4. The molecular weight excluding hydrogens is 228 g/mol. The van der Waals surface area contributed by atoms with Gasteiger partial charge in [-0.2, -0.15) is 4.98 Å². The van der Waals surface area contributed by atoms with Gasteiger partial charge in [0, 0.05) is 24.2 Å². The zero-order valence-electron chi connectivity index (χ0n) is 8.99. The molecule has 0 saturated carbocycles. The highest BCUT2D eigenvalue weighted by Gasteiger charge is 2.06. The summed E-state index contributed by atoms with van der Waals surface area (Å²) in [5.74, 6) is 1.52. The lowest BCUT2D eigenvalue weighted by atomic mass is 10.4. The van der Waals surface area contributed by atoms with E-state index in [1.165, 1.54) is 0 Å². The van der Waals surface area contributed by atoms with Crippen molar-refractivity contribution < 1.29 is 4.74 Å². The van der Waals surface area contributed by atoms with E-state index in [2.05, 4.69) is 20.2 Å². The van der Waals surface area contributed by atoms with Crippen molar-refractivity contribution in [1.29, 1.82) is 0 Å². The number of aromatic amines is 1. The zero-order valence-corrected chi connectivity index (χ0v) is 9.75. The van der Waals surface area contributed by atoms with Crippen LogP contribution in [0.5, 0.6) is 11.8 Å². The van der Waals surface area contributed by atoms with Gasteiger partial charge in [-0.05, 0) is 6.92 Å². The molecule has 0 bridgehead atoms. The van der Waals surface area contributed by atoms with E-state index in [4.69, 9.17) is 16.3 Å². The fourth-order valence-corrected chi connectivity index (χ4v) is 1.40. The Labute approximate surface area is 97.8 Å². The summed E-state index contributed by atoms with van der Waals surface area (Å²) >= 11 is 5.84. The predicted octanol–water partition coefficient (Wildman–Crippen LogP) is 2.52. The molecule has 84 valence electrons. The van der Waals surface area contributed by atoms with Gasteiger partial charge in [0.25, 0.3) is 0 Å². The number of hydrogen-bond donors (Lipinski definition) is 1. The second-order valence-corrected chi connectivity index (χ2v) is 3.68. The number of nitrogens with one attached hydrogen (secondary N) is 1. The van der Waals surface area contributed by atoms with E-state index in [-0.39, 0.29) is 0 Å². The lowest BCUT2D eigenvalue weighted by Gasteiger charge is -2.02. The summed E-state index contributed by atoms with van der Waals surface area (Å²) in [5, 5.41) is 7.10. The van der Waals surface area contributed by atoms with E-state index in [9.17, 15) is 0 Å². The number of rotatable bonds is 3. The van der Waals surface area contributed by atoms with Crippen LogP contribution in [0.15, 0.2) is 12.1 Å². The molecule has 0 unspecified atom stereocenters. The summed E-state index contributed by atoms with van der Waals surface area (Å²) < 4.78 is 5.44. The van der Waals surface area contributed by atoms with Crippen LogP contribution in [0.1, 0.15) is 18.4 Å². The van der Waals surface area contributed by atoms with Gasteiger partial charge in [0.15, 0.2) is 0 Å². The number of H-pyrrole nitrogens is 1. The van der Waals surface area contributed by atoms with Crippen molar-refractivity contribution in [2.24, 2.45) is 0 Å². The minimum Gasteiger partial charge on any atom is -0.419 e. The molecule has 2 aromatic rings. The standard InChI is InChI=1S/C10H11ClN4O/c1-3-8-12-7(11)5-9(13-8)16-10-4-6(2)14-15-10/h4-5H,3H2,1-2H3,(H,14,15). The van der Waals surface area contributed by atoms with Gasteiger partial charge in [-0.3, -0.25) is 5.10 Å². The highest BCUT2D eigenvalue weighted by Crippen LogP contribution is 2.20. The molecule has 0 saturated heterocycles. The van der Waals surface area contributed by atoms with Crippen molar-refractivity contribution in [3.63, 3.8) is 0 Å². The average molecular weight is 239 g/mol. The van der Waals surface area contributed by atoms with Crippen LogP contribution in [0.2, 0.25) is 5.15 Å². The molecule has 6 heteroatoms. The molecule has 0 aliphatic carbocycles. The van der Waals surface area contributed by atoms with Crippen LogP contribution < -0.4 is 4.74 Å². The Balaban J connectivity index is 2.24. The number of halogens is 1. The summed E-state index contributed by atoms with van der Waals surface area (Å²) in [7, 11) is 0. The van der Waals surface area contributed by atoms with Crippen LogP contribution in [0, 0.1) is 6.92 Å². The number of aryl methyl sites for hydroxylation is 2. The summed E-state index contributed by atoms with van der Waals surface area (Å²) in [4.78, 5) is 8.23. The normalized spacial score (nSPS) is 10.4. The zero-order chi connectivity index (χ0) is 11.5. The Morgan fingerprint density at radius 2 is 2.12 bits per heavy atom. The van der Waals surface area contributed by atoms with Crippen LogP contribution in [0.3, 0.4) is 0 Å². The minimum absolute atomic E-state index is 0.370. The molecule has 0 amide bonds. The lowest BCUT2D eigenvalue weighted by Crippen LogP contribution is -1.96. The largest absolute Gasteiger partial charge is 0.419 e. The van der Waals surface area contributed by atoms with Gasteiger partial charge in [-0.15, -0.1) is 5.10 Å². The minimum atomic E-state index is 0.370. The van der Waals surface area contributed by atoms with Crippen LogP contribution in [-0.2, 0) is 6.42 Å². The topological polar surface area (TPSA) is 63.7 Å². The van der Waals surface area contributed by atoms with Gasteiger partial charge < -0.3 is 4.74 Å². The fourth-order valence-electron chi connectivity index (χ4n) is 1.20. The Morgan fingerprint density at radius 3 is 2.75 bits per heavy atom. The molecule has 0 fully saturated rings. The lowest BCUT2D eigenvalue weighted by molar-refractivity contribution is 0.440. The van der Waals surface area contributed by atoms with Gasteiger partial charge in [-0.1, -0.05) is 18.5 Å². The summed E-state index contributed by atoms with van der Waals surface area (Å²) in [5.41, 5.74) is 0.922. The van der Waals surface area contributed by atoms with Gasteiger partial charge >= 0.3 is 0 Å². The summed E-state index contributed by atoms with van der Waals surface area (Å²) in [6.07, 6.45) is 0.705. The SMILES string of the molecule is CCc1nc(Cl)cc(Oc2cc(C)[nH]n2)n1. The molecule has 0 aliphatic rings. The van der Waals surface area contributed by atoms with Crippen LogP contribution in [0.25, 0.3) is 0 Å². The molecule has 0 aliphatic heterocycles. The quantitative estimate of drug-likeness (QED) is 0.835. The first-order valence-electron chi connectivity index (χ1n) is 4.90. The maximum absolute atomic E-state index is 5.84. The maximum Gasteiger partial charge on any atom is 0.240 e. The van der Waals surface area contributed by atoms with Gasteiger partial charge in [0.1, 0.15) is 11.0 Å². The second kappa shape index (κ2) is 4.49. The van der Waals surface area contributed by atoms with Crippen molar-refractivity contribution in [2.75, 3.05) is 0 Å². The molecule has 2 heterocycles. The van der Waals surface area contributed by atoms with Crippen molar-refractivity contribution in [1.82, 2.24) is 20.2 Å². The Hall–Kier alpha value is -1.62. The first kappa shape index (κ1) is 10.9. The third-order valence-electron chi connectivity index (χ3n) is 1.93. The van der Waals surface area contributed by atoms with E-state index in [0.29, 0.717) is 29.2 Å². The van der Waals surface area contributed by atoms with E-state index >= 15 is 0 Å². The van der Waals surface area contributed by atoms with Crippen LogP contribution in [-0.4, -0.2) is 20.2 Å². The predicted molar refractivity (Wildman–Crippen MR) is 59.8 cm³/mol. The highest BCUT2D eigenvalue weighted by molar-refractivity contribution is 6.29. The first-order valence-corrected chi connectivity index (χ1v) is 5.28. The molecule has 16 heavy (non-hydrogen) atoms.